The molecule has 1 atom stereocenters. The number of carbonyl (C=O) groups is 2. The highest BCUT2D eigenvalue weighted by atomic mass is 16.5. The average molecular weight is 230 g/mol. The lowest BCUT2D eigenvalue weighted by Gasteiger charge is -2.25. The predicted octanol–water partition coefficient (Wildman–Crippen LogP) is -1.00. The molecule has 0 saturated carbocycles. The Labute approximate surface area is 94.9 Å². The second-order valence-electron chi connectivity index (χ2n) is 3.76. The maximum atomic E-state index is 11.7. The Morgan fingerprint density at radius 2 is 2.31 bits per heavy atom. The maximum absolute atomic E-state index is 11.7. The third kappa shape index (κ3) is 4.16. The van der Waals surface area contributed by atoms with E-state index in [1.54, 1.807) is 7.05 Å². The molecule has 92 valence electrons. The number of nitrogens with zero attached hydrogens (tertiary/aromatic N) is 1. The number of esters is 1. The zero-order valence-corrected chi connectivity index (χ0v) is 9.69. The first-order valence-electron chi connectivity index (χ1n) is 5.25. The summed E-state index contributed by atoms with van der Waals surface area (Å²) in [6.07, 6.45) is 0.341. The molecule has 6 heteroatoms. The summed E-state index contributed by atoms with van der Waals surface area (Å²) in [6.45, 7) is 1.97. The molecule has 6 nitrogen and oxygen atoms in total. The number of methoxy groups -OCH3 is 1. The Balaban J connectivity index is 2.29. The number of carbonyl (C=O) groups excluding carboxylic acids is 2. The minimum Gasteiger partial charge on any atom is -0.468 e. The molecule has 1 saturated heterocycles. The zero-order valence-electron chi connectivity index (χ0n) is 9.69. The molecule has 1 amide bonds. The molecule has 0 aliphatic carbocycles. The molecule has 0 spiro atoms. The van der Waals surface area contributed by atoms with Gasteiger partial charge in [0.2, 0.25) is 5.91 Å². The van der Waals surface area contributed by atoms with Crippen molar-refractivity contribution in [1.29, 1.82) is 0 Å². The second-order valence-corrected chi connectivity index (χ2v) is 3.76. The van der Waals surface area contributed by atoms with Crippen molar-refractivity contribution < 1.29 is 19.1 Å². The average Bonchev–Trinajstić information content (AvgIpc) is 2.30. The smallest absolute Gasteiger partial charge is 0.325 e. The van der Waals surface area contributed by atoms with E-state index in [4.69, 9.17) is 4.74 Å². The molecule has 1 rings (SSSR count). The molecule has 1 unspecified atom stereocenters. The normalized spacial score (nSPS) is 20.2. The molecule has 0 aromatic rings. The first-order chi connectivity index (χ1) is 7.63. The van der Waals surface area contributed by atoms with Crippen LogP contribution in [0.15, 0.2) is 0 Å². The summed E-state index contributed by atoms with van der Waals surface area (Å²) in [4.78, 5) is 24.0. The molecular weight excluding hydrogens is 212 g/mol. The van der Waals surface area contributed by atoms with Crippen molar-refractivity contribution in [3.63, 3.8) is 0 Å². The number of rotatable bonds is 4. The monoisotopic (exact) mass is 230 g/mol. The second kappa shape index (κ2) is 6.44. The van der Waals surface area contributed by atoms with Crippen LogP contribution in [0.4, 0.5) is 0 Å². The summed E-state index contributed by atoms with van der Waals surface area (Å²) in [5.41, 5.74) is 0. The molecule has 0 bridgehead atoms. The molecule has 1 N–H and O–H groups in total. The van der Waals surface area contributed by atoms with E-state index in [1.807, 2.05) is 0 Å². The van der Waals surface area contributed by atoms with Gasteiger partial charge < -0.3 is 19.7 Å². The Bertz CT molecular complexity index is 251. The largest absolute Gasteiger partial charge is 0.468 e. The van der Waals surface area contributed by atoms with Gasteiger partial charge in [-0.15, -0.1) is 0 Å². The Morgan fingerprint density at radius 3 is 2.88 bits per heavy atom. The SMILES string of the molecule is COC(=O)CN(C)C(=O)CC1COCCN1. The molecule has 16 heavy (non-hydrogen) atoms. The Hall–Kier alpha value is -1.14. The van der Waals surface area contributed by atoms with Crippen LogP contribution in [0.25, 0.3) is 0 Å². The standard InChI is InChI=1S/C10H18N2O4/c1-12(6-10(14)15-2)9(13)5-8-7-16-4-3-11-8/h8,11H,3-7H2,1-2H3. The fourth-order valence-corrected chi connectivity index (χ4v) is 1.46. The highest BCUT2D eigenvalue weighted by Gasteiger charge is 2.20. The number of nitrogens with one attached hydrogen (secondary N) is 1. The molecule has 1 fully saturated rings. The fourth-order valence-electron chi connectivity index (χ4n) is 1.46. The van der Waals surface area contributed by atoms with Gasteiger partial charge in [0, 0.05) is 26.1 Å². The first-order valence-corrected chi connectivity index (χ1v) is 5.25. The van der Waals surface area contributed by atoms with Crippen molar-refractivity contribution in [3.8, 4) is 0 Å². The van der Waals surface area contributed by atoms with Crippen LogP contribution < -0.4 is 5.32 Å². The minimum atomic E-state index is -0.413. The number of morpholine rings is 1. The van der Waals surface area contributed by atoms with E-state index >= 15 is 0 Å². The van der Waals surface area contributed by atoms with E-state index in [2.05, 4.69) is 10.1 Å². The van der Waals surface area contributed by atoms with E-state index in [-0.39, 0.29) is 18.5 Å². The van der Waals surface area contributed by atoms with Crippen LogP contribution in [0, 0.1) is 0 Å². The summed E-state index contributed by atoms with van der Waals surface area (Å²) in [7, 11) is 2.89. The summed E-state index contributed by atoms with van der Waals surface area (Å²) in [6, 6.07) is 0.0429. The van der Waals surface area contributed by atoms with Gasteiger partial charge in [0.15, 0.2) is 0 Å². The number of amides is 1. The molecule has 1 aliphatic heterocycles. The first kappa shape index (κ1) is 12.9. The predicted molar refractivity (Wildman–Crippen MR) is 56.9 cm³/mol. The molecule has 1 heterocycles. The van der Waals surface area contributed by atoms with Crippen LogP contribution in [0.5, 0.6) is 0 Å². The zero-order chi connectivity index (χ0) is 12.0. The van der Waals surface area contributed by atoms with E-state index in [1.165, 1.54) is 12.0 Å². The van der Waals surface area contributed by atoms with E-state index in [9.17, 15) is 9.59 Å². The lowest BCUT2D eigenvalue weighted by molar-refractivity contribution is -0.146. The highest BCUT2D eigenvalue weighted by molar-refractivity contribution is 5.82. The van der Waals surface area contributed by atoms with Crippen LogP contribution in [0.3, 0.4) is 0 Å². The van der Waals surface area contributed by atoms with E-state index < -0.39 is 5.97 Å². The summed E-state index contributed by atoms with van der Waals surface area (Å²) < 4.78 is 9.73. The number of likely N-dealkylation sites (N-methyl/N-ethyl adjacent to an activating group) is 1. The van der Waals surface area contributed by atoms with Gasteiger partial charge in [-0.1, -0.05) is 0 Å². The summed E-state index contributed by atoms with van der Waals surface area (Å²) in [5, 5.41) is 3.18. The highest BCUT2D eigenvalue weighted by Crippen LogP contribution is 2.01. The summed E-state index contributed by atoms with van der Waals surface area (Å²) in [5.74, 6) is -0.503. The Kier molecular flexibility index (Phi) is 5.21. The van der Waals surface area contributed by atoms with Crippen molar-refractivity contribution in [2.24, 2.45) is 0 Å². The van der Waals surface area contributed by atoms with Gasteiger partial charge in [0.1, 0.15) is 6.54 Å². The number of ether oxygens (including phenoxy) is 2. The van der Waals surface area contributed by atoms with Gasteiger partial charge in [0.25, 0.3) is 0 Å². The van der Waals surface area contributed by atoms with Gasteiger partial charge in [0.05, 0.1) is 20.3 Å². The topological polar surface area (TPSA) is 67.9 Å². The van der Waals surface area contributed by atoms with Gasteiger partial charge in [-0.3, -0.25) is 9.59 Å². The van der Waals surface area contributed by atoms with Crippen LogP contribution in [-0.2, 0) is 19.1 Å². The third-order valence-corrected chi connectivity index (χ3v) is 2.44. The minimum absolute atomic E-state index is 0.0110. The lowest BCUT2D eigenvalue weighted by Crippen LogP contribution is -2.45. The van der Waals surface area contributed by atoms with E-state index in [0.29, 0.717) is 19.6 Å². The molecule has 0 radical (unpaired) electrons. The van der Waals surface area contributed by atoms with Crippen molar-refractivity contribution in [2.75, 3.05) is 40.5 Å². The van der Waals surface area contributed by atoms with Gasteiger partial charge in [-0.25, -0.2) is 0 Å². The quantitative estimate of drug-likeness (QED) is 0.627. The van der Waals surface area contributed by atoms with Crippen LogP contribution >= 0.6 is 0 Å². The maximum Gasteiger partial charge on any atom is 0.325 e. The molecule has 0 aromatic heterocycles. The molecule has 0 aromatic carbocycles. The van der Waals surface area contributed by atoms with Crippen LogP contribution in [0.2, 0.25) is 0 Å². The lowest BCUT2D eigenvalue weighted by atomic mass is 10.2. The number of hydrogen-bond donors (Lipinski definition) is 1. The van der Waals surface area contributed by atoms with Crippen molar-refractivity contribution in [1.82, 2.24) is 10.2 Å². The Morgan fingerprint density at radius 1 is 1.56 bits per heavy atom. The van der Waals surface area contributed by atoms with Gasteiger partial charge in [-0.05, 0) is 0 Å². The fraction of sp³-hybridized carbons (Fsp3) is 0.800. The van der Waals surface area contributed by atoms with Crippen molar-refractivity contribution in [3.05, 3.63) is 0 Å². The van der Waals surface area contributed by atoms with Crippen LogP contribution in [-0.4, -0.2) is 63.3 Å². The van der Waals surface area contributed by atoms with Crippen molar-refractivity contribution >= 4 is 11.9 Å². The van der Waals surface area contributed by atoms with Crippen molar-refractivity contribution in [2.45, 2.75) is 12.5 Å². The van der Waals surface area contributed by atoms with Gasteiger partial charge in [-0.2, -0.15) is 0 Å². The molecule has 1 aliphatic rings. The number of hydrogen-bond acceptors (Lipinski definition) is 5. The van der Waals surface area contributed by atoms with Gasteiger partial charge >= 0.3 is 5.97 Å². The third-order valence-electron chi connectivity index (χ3n) is 2.44. The van der Waals surface area contributed by atoms with E-state index in [0.717, 1.165) is 6.54 Å². The van der Waals surface area contributed by atoms with Crippen LogP contribution in [0.1, 0.15) is 6.42 Å². The molecular formula is C10H18N2O4. The summed E-state index contributed by atoms with van der Waals surface area (Å²) >= 11 is 0.